The van der Waals surface area contributed by atoms with Gasteiger partial charge in [-0.3, -0.25) is 0 Å². The van der Waals surface area contributed by atoms with Crippen molar-refractivity contribution in [3.63, 3.8) is 0 Å². The first-order valence-electron chi connectivity index (χ1n) is 6.80. The molecule has 1 aliphatic carbocycles. The molecule has 17 heavy (non-hydrogen) atoms. The Morgan fingerprint density at radius 3 is 2.35 bits per heavy atom. The van der Waals surface area contributed by atoms with Gasteiger partial charge in [-0.2, -0.15) is 13.2 Å². The molecule has 0 heterocycles. The molecule has 0 amide bonds. The third kappa shape index (κ3) is 4.16. The maximum Gasteiger partial charge on any atom is 0.404 e. The van der Waals surface area contributed by atoms with E-state index in [0.29, 0.717) is 6.54 Å². The van der Waals surface area contributed by atoms with Crippen LogP contribution in [0.2, 0.25) is 0 Å². The van der Waals surface area contributed by atoms with Crippen LogP contribution < -0.4 is 5.32 Å². The van der Waals surface area contributed by atoms with Gasteiger partial charge in [0.1, 0.15) is 6.04 Å². The Morgan fingerprint density at radius 2 is 1.82 bits per heavy atom. The molecular formula is C13H24F3N. The highest BCUT2D eigenvalue weighted by Gasteiger charge is 2.46. The van der Waals surface area contributed by atoms with Gasteiger partial charge in [-0.05, 0) is 31.2 Å². The smallest absolute Gasteiger partial charge is 0.306 e. The number of alkyl halides is 3. The van der Waals surface area contributed by atoms with Crippen LogP contribution in [0.1, 0.15) is 52.4 Å². The second-order valence-electron chi connectivity index (χ2n) is 5.09. The van der Waals surface area contributed by atoms with E-state index in [1.807, 2.05) is 13.8 Å². The van der Waals surface area contributed by atoms with Crippen molar-refractivity contribution in [1.82, 2.24) is 5.32 Å². The number of nitrogens with one attached hydrogen (secondary N) is 1. The number of hydrogen-bond acceptors (Lipinski definition) is 1. The second kappa shape index (κ2) is 6.62. The molecule has 0 radical (unpaired) electrons. The molecule has 1 nitrogen and oxygen atoms in total. The van der Waals surface area contributed by atoms with E-state index in [4.69, 9.17) is 0 Å². The van der Waals surface area contributed by atoms with Crippen LogP contribution in [0.5, 0.6) is 0 Å². The Labute approximate surface area is 102 Å². The van der Waals surface area contributed by atoms with Crippen molar-refractivity contribution in [3.8, 4) is 0 Å². The summed E-state index contributed by atoms with van der Waals surface area (Å²) in [7, 11) is 0. The molecule has 0 aromatic rings. The third-order valence-corrected chi connectivity index (χ3v) is 3.89. The zero-order valence-electron chi connectivity index (χ0n) is 10.8. The minimum atomic E-state index is -4.11. The monoisotopic (exact) mass is 251 g/mol. The molecule has 1 fully saturated rings. The van der Waals surface area contributed by atoms with E-state index < -0.39 is 12.2 Å². The van der Waals surface area contributed by atoms with Crippen molar-refractivity contribution in [1.29, 1.82) is 0 Å². The van der Waals surface area contributed by atoms with Gasteiger partial charge in [0, 0.05) is 0 Å². The van der Waals surface area contributed by atoms with Crippen LogP contribution >= 0.6 is 0 Å². The van der Waals surface area contributed by atoms with E-state index in [2.05, 4.69) is 5.32 Å². The van der Waals surface area contributed by atoms with Crippen LogP contribution in [0.4, 0.5) is 13.2 Å². The minimum Gasteiger partial charge on any atom is -0.306 e. The van der Waals surface area contributed by atoms with Crippen molar-refractivity contribution in [2.24, 2.45) is 11.8 Å². The summed E-state index contributed by atoms with van der Waals surface area (Å²) < 4.78 is 39.2. The lowest BCUT2D eigenvalue weighted by Crippen LogP contribution is -2.50. The molecule has 4 heteroatoms. The predicted octanol–water partition coefficient (Wildman–Crippen LogP) is 4.13. The average Bonchev–Trinajstić information content (AvgIpc) is 2.28. The van der Waals surface area contributed by atoms with Crippen LogP contribution in [-0.2, 0) is 0 Å². The van der Waals surface area contributed by atoms with Crippen molar-refractivity contribution in [2.75, 3.05) is 6.54 Å². The van der Waals surface area contributed by atoms with E-state index in [0.717, 1.165) is 38.5 Å². The quantitative estimate of drug-likeness (QED) is 0.774. The third-order valence-electron chi connectivity index (χ3n) is 3.89. The number of hydrogen-bond donors (Lipinski definition) is 1. The molecule has 1 saturated carbocycles. The molecule has 102 valence electrons. The first-order chi connectivity index (χ1) is 8.00. The zero-order valence-corrected chi connectivity index (χ0v) is 10.8. The van der Waals surface area contributed by atoms with E-state index >= 15 is 0 Å². The summed E-state index contributed by atoms with van der Waals surface area (Å²) in [4.78, 5) is 0. The van der Waals surface area contributed by atoms with Gasteiger partial charge < -0.3 is 5.32 Å². The lowest BCUT2D eigenvalue weighted by molar-refractivity contribution is -0.175. The summed E-state index contributed by atoms with van der Waals surface area (Å²) in [5.74, 6) is 0.0139. The predicted molar refractivity (Wildman–Crippen MR) is 63.9 cm³/mol. The van der Waals surface area contributed by atoms with Gasteiger partial charge in [-0.15, -0.1) is 0 Å². The van der Waals surface area contributed by atoms with Crippen molar-refractivity contribution in [2.45, 2.75) is 64.6 Å². The Balaban J connectivity index is 2.72. The van der Waals surface area contributed by atoms with Gasteiger partial charge in [0.2, 0.25) is 0 Å². The fraction of sp³-hybridized carbons (Fsp3) is 1.00. The summed E-state index contributed by atoms with van der Waals surface area (Å²) in [6, 6.07) is -1.30. The molecule has 3 atom stereocenters. The fourth-order valence-electron chi connectivity index (χ4n) is 2.99. The average molecular weight is 251 g/mol. The topological polar surface area (TPSA) is 12.0 Å². The van der Waals surface area contributed by atoms with E-state index in [1.54, 1.807) is 0 Å². The molecule has 0 spiro atoms. The molecule has 1 N–H and O–H groups in total. The maximum absolute atomic E-state index is 13.1. The summed E-state index contributed by atoms with van der Waals surface area (Å²) in [6.45, 7) is 4.37. The van der Waals surface area contributed by atoms with Crippen LogP contribution in [0, 0.1) is 11.8 Å². The van der Waals surface area contributed by atoms with Crippen LogP contribution in [-0.4, -0.2) is 18.8 Å². The summed E-state index contributed by atoms with van der Waals surface area (Å²) >= 11 is 0. The Hall–Kier alpha value is -0.250. The maximum atomic E-state index is 13.1. The molecule has 0 aliphatic heterocycles. The summed E-state index contributed by atoms with van der Waals surface area (Å²) in [5.41, 5.74) is 0. The highest BCUT2D eigenvalue weighted by atomic mass is 19.4. The highest BCUT2D eigenvalue weighted by molar-refractivity contribution is 4.88. The molecule has 0 bridgehead atoms. The zero-order chi connectivity index (χ0) is 12.9. The lowest BCUT2D eigenvalue weighted by Gasteiger charge is -2.38. The number of rotatable bonds is 5. The van der Waals surface area contributed by atoms with Crippen molar-refractivity contribution >= 4 is 0 Å². The second-order valence-corrected chi connectivity index (χ2v) is 5.09. The van der Waals surface area contributed by atoms with Crippen LogP contribution in [0.3, 0.4) is 0 Å². The standard InChI is InChI=1S/C13H24F3N/c1-3-9-17-12(13(14,15)16)11-8-6-5-7-10(11)4-2/h10-12,17H,3-9H2,1-2H3. The normalized spacial score (nSPS) is 28.1. The molecule has 0 aromatic heterocycles. The van der Waals surface area contributed by atoms with Gasteiger partial charge in [-0.25, -0.2) is 0 Å². The van der Waals surface area contributed by atoms with E-state index in [9.17, 15) is 13.2 Å². The number of halogens is 3. The SMILES string of the molecule is CCCNC(C1CCCCC1CC)C(F)(F)F. The highest BCUT2D eigenvalue weighted by Crippen LogP contribution is 2.39. The Bertz CT molecular complexity index is 215. The molecule has 0 saturated heterocycles. The van der Waals surface area contributed by atoms with Gasteiger partial charge in [-0.1, -0.05) is 39.5 Å². The largest absolute Gasteiger partial charge is 0.404 e. The van der Waals surface area contributed by atoms with Gasteiger partial charge in [0.25, 0.3) is 0 Å². The van der Waals surface area contributed by atoms with Crippen LogP contribution in [0.15, 0.2) is 0 Å². The summed E-state index contributed by atoms with van der Waals surface area (Å²) in [5, 5.41) is 2.72. The van der Waals surface area contributed by atoms with Gasteiger partial charge in [0.15, 0.2) is 0 Å². The van der Waals surface area contributed by atoms with E-state index in [-0.39, 0.29) is 11.8 Å². The van der Waals surface area contributed by atoms with Gasteiger partial charge in [0.05, 0.1) is 0 Å². The lowest BCUT2D eigenvalue weighted by atomic mass is 9.73. The van der Waals surface area contributed by atoms with Crippen LogP contribution in [0.25, 0.3) is 0 Å². The fourth-order valence-corrected chi connectivity index (χ4v) is 2.99. The first-order valence-corrected chi connectivity index (χ1v) is 6.80. The Kier molecular flexibility index (Phi) is 5.77. The molecule has 1 aliphatic rings. The molecule has 3 unspecified atom stereocenters. The van der Waals surface area contributed by atoms with Crippen molar-refractivity contribution < 1.29 is 13.2 Å². The summed E-state index contributed by atoms with van der Waals surface area (Å²) in [6.07, 6.45) is 1.22. The minimum absolute atomic E-state index is 0.222. The molecular weight excluding hydrogens is 227 g/mol. The van der Waals surface area contributed by atoms with Crippen molar-refractivity contribution in [3.05, 3.63) is 0 Å². The van der Waals surface area contributed by atoms with Gasteiger partial charge >= 0.3 is 6.18 Å². The van der Waals surface area contributed by atoms with E-state index in [1.165, 1.54) is 0 Å². The molecule has 0 aromatic carbocycles. The first kappa shape index (κ1) is 14.8. The molecule has 1 rings (SSSR count). The Morgan fingerprint density at radius 1 is 1.18 bits per heavy atom.